The highest BCUT2D eigenvalue weighted by atomic mass is 19.2. The van der Waals surface area contributed by atoms with Gasteiger partial charge in [0.05, 0.1) is 0 Å². The zero-order valence-corrected chi connectivity index (χ0v) is 6.03. The van der Waals surface area contributed by atoms with E-state index in [-0.39, 0.29) is 0 Å². The van der Waals surface area contributed by atoms with Gasteiger partial charge in [-0.2, -0.15) is 4.39 Å². The quantitative estimate of drug-likeness (QED) is 0.470. The van der Waals surface area contributed by atoms with E-state index in [1.807, 2.05) is 0 Å². The second-order valence-corrected chi connectivity index (χ2v) is 2.26. The Morgan fingerprint density at radius 1 is 0.833 bits per heavy atom. The van der Waals surface area contributed by atoms with Gasteiger partial charge in [0, 0.05) is 5.56 Å². The Bertz CT molecular complexity index is 231. The first-order valence-electron chi connectivity index (χ1n) is 3.01. The number of hydrogen-bond acceptors (Lipinski definition) is 2. The Kier molecular flexibility index (Phi) is 1.87. The second-order valence-electron chi connectivity index (χ2n) is 2.26. The highest BCUT2D eigenvalue weighted by Gasteiger charge is 2.21. The van der Waals surface area contributed by atoms with E-state index >= 15 is 0 Å². The summed E-state index contributed by atoms with van der Waals surface area (Å²) in [6.07, 6.45) is 0. The first kappa shape index (κ1) is 8.70. The first-order chi connectivity index (χ1) is 5.46. The summed E-state index contributed by atoms with van der Waals surface area (Å²) < 4.78 is 37.4. The lowest BCUT2D eigenvalue weighted by atomic mass is 10.2. The van der Waals surface area contributed by atoms with E-state index in [9.17, 15) is 13.2 Å². The average Bonchev–Trinajstić information content (AvgIpc) is 2.08. The molecule has 2 N–H and O–H groups in total. The van der Waals surface area contributed by atoms with Crippen LogP contribution in [0.2, 0.25) is 0 Å². The standard InChI is InChI=1S/C7H5F3O2/c1-2-3(8)4(9)5(10)7(12)6(2)11/h11-12H,1H3. The Hall–Kier alpha value is -1.39. The maximum atomic E-state index is 12.5. The Morgan fingerprint density at radius 2 is 1.33 bits per heavy atom. The van der Waals surface area contributed by atoms with E-state index in [0.717, 1.165) is 6.92 Å². The first-order valence-corrected chi connectivity index (χ1v) is 3.01. The van der Waals surface area contributed by atoms with E-state index < -0.39 is 34.5 Å². The van der Waals surface area contributed by atoms with Crippen molar-refractivity contribution >= 4 is 0 Å². The Morgan fingerprint density at radius 3 is 1.83 bits per heavy atom. The van der Waals surface area contributed by atoms with Crippen molar-refractivity contribution in [3.63, 3.8) is 0 Å². The molecule has 0 heterocycles. The maximum Gasteiger partial charge on any atom is 0.207 e. The molecule has 0 fully saturated rings. The molecule has 0 aromatic heterocycles. The molecule has 0 aliphatic carbocycles. The molecule has 0 bridgehead atoms. The largest absolute Gasteiger partial charge is 0.504 e. The molecule has 0 atom stereocenters. The summed E-state index contributed by atoms with van der Waals surface area (Å²) in [6.45, 7) is 1.02. The number of benzene rings is 1. The monoisotopic (exact) mass is 178 g/mol. The predicted molar refractivity (Wildman–Crippen MR) is 34.4 cm³/mol. The maximum absolute atomic E-state index is 12.5. The average molecular weight is 178 g/mol. The topological polar surface area (TPSA) is 40.5 Å². The number of halogens is 3. The van der Waals surface area contributed by atoms with Crippen molar-refractivity contribution in [2.24, 2.45) is 0 Å². The molecule has 0 saturated carbocycles. The van der Waals surface area contributed by atoms with E-state index in [0.29, 0.717) is 0 Å². The number of rotatable bonds is 0. The molecule has 0 spiro atoms. The third-order valence-corrected chi connectivity index (χ3v) is 1.50. The summed E-state index contributed by atoms with van der Waals surface area (Å²) in [5, 5.41) is 17.5. The molecule has 0 aliphatic heterocycles. The van der Waals surface area contributed by atoms with Gasteiger partial charge in [-0.3, -0.25) is 0 Å². The van der Waals surface area contributed by atoms with E-state index in [1.165, 1.54) is 0 Å². The normalized spacial score (nSPS) is 10.3. The molecule has 0 aliphatic rings. The van der Waals surface area contributed by atoms with Gasteiger partial charge >= 0.3 is 0 Å². The third kappa shape index (κ3) is 0.975. The summed E-state index contributed by atoms with van der Waals surface area (Å²) in [4.78, 5) is 0. The summed E-state index contributed by atoms with van der Waals surface area (Å²) in [6, 6.07) is 0. The van der Waals surface area contributed by atoms with Crippen molar-refractivity contribution in [3.05, 3.63) is 23.0 Å². The van der Waals surface area contributed by atoms with Crippen molar-refractivity contribution in [2.45, 2.75) is 6.92 Å². The van der Waals surface area contributed by atoms with Crippen LogP contribution in [0, 0.1) is 24.4 Å². The van der Waals surface area contributed by atoms with Gasteiger partial charge in [0.15, 0.2) is 23.1 Å². The van der Waals surface area contributed by atoms with Crippen molar-refractivity contribution in [2.75, 3.05) is 0 Å². The number of aromatic hydroxyl groups is 2. The van der Waals surface area contributed by atoms with Crippen LogP contribution in [0.25, 0.3) is 0 Å². The zero-order valence-electron chi connectivity index (χ0n) is 6.03. The molecule has 12 heavy (non-hydrogen) atoms. The molecular formula is C7H5F3O2. The van der Waals surface area contributed by atoms with Crippen LogP contribution in [0.4, 0.5) is 13.2 Å². The van der Waals surface area contributed by atoms with Crippen LogP contribution >= 0.6 is 0 Å². The molecule has 66 valence electrons. The Balaban J connectivity index is 3.60. The minimum Gasteiger partial charge on any atom is -0.504 e. The van der Waals surface area contributed by atoms with Gasteiger partial charge in [-0.1, -0.05) is 0 Å². The summed E-state index contributed by atoms with van der Waals surface area (Å²) >= 11 is 0. The molecule has 0 radical (unpaired) electrons. The number of phenols is 2. The van der Waals surface area contributed by atoms with Gasteiger partial charge < -0.3 is 10.2 Å². The van der Waals surface area contributed by atoms with Crippen LogP contribution in [0.3, 0.4) is 0 Å². The van der Waals surface area contributed by atoms with Crippen LogP contribution in [-0.4, -0.2) is 10.2 Å². The molecular weight excluding hydrogens is 173 g/mol. The van der Waals surface area contributed by atoms with Crippen LogP contribution in [0.15, 0.2) is 0 Å². The van der Waals surface area contributed by atoms with Gasteiger partial charge in [-0.05, 0) is 6.92 Å². The van der Waals surface area contributed by atoms with Gasteiger partial charge in [-0.15, -0.1) is 0 Å². The van der Waals surface area contributed by atoms with Crippen molar-refractivity contribution in [1.82, 2.24) is 0 Å². The third-order valence-electron chi connectivity index (χ3n) is 1.50. The summed E-state index contributed by atoms with van der Waals surface area (Å²) in [5.41, 5.74) is -0.522. The van der Waals surface area contributed by atoms with E-state index in [2.05, 4.69) is 0 Å². The summed E-state index contributed by atoms with van der Waals surface area (Å²) in [5.74, 6) is -7.32. The van der Waals surface area contributed by atoms with E-state index in [4.69, 9.17) is 10.2 Å². The van der Waals surface area contributed by atoms with Gasteiger partial charge in [0.2, 0.25) is 5.82 Å². The molecule has 5 heteroatoms. The predicted octanol–water partition coefficient (Wildman–Crippen LogP) is 1.82. The molecule has 1 rings (SSSR count). The highest BCUT2D eigenvalue weighted by Crippen LogP contribution is 2.34. The molecule has 0 saturated heterocycles. The lowest BCUT2D eigenvalue weighted by Crippen LogP contribution is -1.95. The lowest BCUT2D eigenvalue weighted by molar-refractivity contribution is 0.346. The minimum absolute atomic E-state index is 0.522. The smallest absolute Gasteiger partial charge is 0.207 e. The summed E-state index contributed by atoms with van der Waals surface area (Å²) in [7, 11) is 0. The molecule has 0 amide bonds. The molecule has 0 unspecified atom stereocenters. The highest BCUT2D eigenvalue weighted by molar-refractivity contribution is 5.46. The molecule has 1 aromatic rings. The fourth-order valence-corrected chi connectivity index (χ4v) is 0.750. The minimum atomic E-state index is -1.79. The van der Waals surface area contributed by atoms with Crippen molar-refractivity contribution in [1.29, 1.82) is 0 Å². The van der Waals surface area contributed by atoms with Crippen molar-refractivity contribution < 1.29 is 23.4 Å². The van der Waals surface area contributed by atoms with Crippen molar-refractivity contribution in [3.8, 4) is 11.5 Å². The molecule has 1 aromatic carbocycles. The van der Waals surface area contributed by atoms with Gasteiger partial charge in [-0.25, -0.2) is 8.78 Å². The number of phenolic OH excluding ortho intramolecular Hbond substituents is 2. The van der Waals surface area contributed by atoms with Crippen LogP contribution in [0.1, 0.15) is 5.56 Å². The van der Waals surface area contributed by atoms with E-state index in [1.54, 1.807) is 0 Å². The fourth-order valence-electron chi connectivity index (χ4n) is 0.750. The fraction of sp³-hybridized carbons (Fsp3) is 0.143. The van der Waals surface area contributed by atoms with Gasteiger partial charge in [0.25, 0.3) is 0 Å². The Labute approximate surface area is 65.9 Å². The zero-order chi connectivity index (χ0) is 9.46. The molecule has 2 nitrogen and oxygen atoms in total. The second kappa shape index (κ2) is 2.58. The van der Waals surface area contributed by atoms with Crippen LogP contribution in [-0.2, 0) is 0 Å². The SMILES string of the molecule is Cc1c(O)c(O)c(F)c(F)c1F. The van der Waals surface area contributed by atoms with Gasteiger partial charge in [0.1, 0.15) is 0 Å². The van der Waals surface area contributed by atoms with Crippen LogP contribution in [0.5, 0.6) is 11.5 Å². The lowest BCUT2D eigenvalue weighted by Gasteiger charge is -2.04. The number of hydrogen-bond donors (Lipinski definition) is 2. The van der Waals surface area contributed by atoms with Crippen LogP contribution < -0.4 is 0 Å².